The normalized spacial score (nSPS) is 8.33. The summed E-state index contributed by atoms with van der Waals surface area (Å²) < 4.78 is 0. The molecule has 0 atom stereocenters. The summed E-state index contributed by atoms with van der Waals surface area (Å²) in [4.78, 5) is 21.0. The number of Topliss-reactive ketones (excluding diaryl/α,β-unsaturated/α-hetero) is 1. The molecule has 3 heteroatoms. The molecule has 0 fully saturated rings. The van der Waals surface area contributed by atoms with E-state index in [1.807, 2.05) is 6.07 Å². The molecule has 1 aromatic rings. The van der Waals surface area contributed by atoms with Gasteiger partial charge in [-0.3, -0.25) is 4.79 Å². The second kappa shape index (κ2) is 6.12. The third kappa shape index (κ3) is 3.30. The molecule has 0 aliphatic carbocycles. The van der Waals surface area contributed by atoms with Gasteiger partial charge in [-0.05, 0) is 0 Å². The van der Waals surface area contributed by atoms with E-state index in [0.717, 1.165) is 0 Å². The van der Waals surface area contributed by atoms with E-state index in [1.165, 1.54) is 0 Å². The molecule has 0 aliphatic heterocycles. The Labute approximate surface area is 94.7 Å². The third-order valence-electron chi connectivity index (χ3n) is 1.36. The molecule has 0 bridgehead atoms. The first-order chi connectivity index (χ1) is 5.34. The van der Waals surface area contributed by atoms with Crippen LogP contribution in [0.5, 0.6) is 0 Å². The van der Waals surface area contributed by atoms with Crippen LogP contribution in [0.4, 0.5) is 0 Å². The molecule has 0 unspecified atom stereocenters. The van der Waals surface area contributed by atoms with Crippen LogP contribution in [0.1, 0.15) is 18.2 Å². The smallest absolute Gasteiger partial charge is 1.00 e. The number of aldehydes is 1. The molecule has 0 aliphatic rings. The van der Waals surface area contributed by atoms with Crippen molar-refractivity contribution in [2.45, 2.75) is 6.42 Å². The molecule has 58 valence electrons. The van der Waals surface area contributed by atoms with Crippen LogP contribution < -0.4 is 29.6 Å². The molecule has 0 spiro atoms. The average molecular weight is 172 g/mol. The second-order valence-corrected chi connectivity index (χ2v) is 2.16. The largest absolute Gasteiger partial charge is 1.00 e. The van der Waals surface area contributed by atoms with Gasteiger partial charge in [0.25, 0.3) is 0 Å². The maximum Gasteiger partial charge on any atom is 1.00 e. The quantitative estimate of drug-likeness (QED) is 0.242. The van der Waals surface area contributed by atoms with Gasteiger partial charge in [0.2, 0.25) is 0 Å². The van der Waals surface area contributed by atoms with E-state index in [-0.39, 0.29) is 43.2 Å². The fourth-order valence-electron chi connectivity index (χ4n) is 0.818. The third-order valence-corrected chi connectivity index (χ3v) is 1.36. The molecule has 1 rings (SSSR count). The van der Waals surface area contributed by atoms with E-state index in [2.05, 4.69) is 0 Å². The topological polar surface area (TPSA) is 34.1 Å². The molecular weight excluding hydrogens is 163 g/mol. The van der Waals surface area contributed by atoms with E-state index in [0.29, 0.717) is 11.8 Å². The number of benzene rings is 1. The zero-order valence-electron chi connectivity index (χ0n) is 7.99. The van der Waals surface area contributed by atoms with Crippen molar-refractivity contribution in [1.29, 1.82) is 0 Å². The Bertz CT molecular complexity index is 262. The second-order valence-electron chi connectivity index (χ2n) is 2.16. The maximum absolute atomic E-state index is 11.0. The van der Waals surface area contributed by atoms with Crippen molar-refractivity contribution in [3.63, 3.8) is 0 Å². The first-order valence-corrected chi connectivity index (χ1v) is 3.36. The molecular formula is C9H9NaO2. The van der Waals surface area contributed by atoms with Crippen LogP contribution in [0.3, 0.4) is 0 Å². The summed E-state index contributed by atoms with van der Waals surface area (Å²) in [6.07, 6.45) is 0.597. The van der Waals surface area contributed by atoms with Gasteiger partial charge < -0.3 is 6.22 Å². The summed E-state index contributed by atoms with van der Waals surface area (Å²) in [5.41, 5.74) is 0.597. The summed E-state index contributed by atoms with van der Waals surface area (Å²) in [6, 6.07) is 8.78. The molecule has 0 aromatic heterocycles. The van der Waals surface area contributed by atoms with Crippen molar-refractivity contribution >= 4 is 12.1 Å². The predicted molar refractivity (Wildman–Crippen MR) is 42.6 cm³/mol. The number of ketones is 1. The number of carbonyl (C=O) groups is 2. The van der Waals surface area contributed by atoms with Gasteiger partial charge in [-0.2, -0.15) is 0 Å². The average Bonchev–Trinajstić information content (AvgIpc) is 2.07. The van der Waals surface area contributed by atoms with E-state index in [9.17, 15) is 9.59 Å². The van der Waals surface area contributed by atoms with Crippen LogP contribution in [0.25, 0.3) is 0 Å². The Morgan fingerprint density at radius 3 is 2.42 bits per heavy atom. The van der Waals surface area contributed by atoms with Crippen LogP contribution in [0, 0.1) is 0 Å². The van der Waals surface area contributed by atoms with Crippen molar-refractivity contribution in [3.8, 4) is 0 Å². The van der Waals surface area contributed by atoms with E-state index in [1.54, 1.807) is 24.3 Å². The minimum Gasteiger partial charge on any atom is -1.00 e. The van der Waals surface area contributed by atoms with Crippen molar-refractivity contribution in [1.82, 2.24) is 0 Å². The Morgan fingerprint density at radius 2 is 1.92 bits per heavy atom. The molecule has 0 saturated carbocycles. The van der Waals surface area contributed by atoms with E-state index >= 15 is 0 Å². The summed E-state index contributed by atoms with van der Waals surface area (Å²) in [5.74, 6) is -0.124. The minimum atomic E-state index is -0.124. The van der Waals surface area contributed by atoms with Gasteiger partial charge >= 0.3 is 29.6 Å². The number of rotatable bonds is 3. The summed E-state index contributed by atoms with van der Waals surface area (Å²) in [5, 5.41) is 0. The van der Waals surface area contributed by atoms with Gasteiger partial charge in [-0.15, -0.1) is 0 Å². The van der Waals surface area contributed by atoms with Crippen LogP contribution >= 0.6 is 0 Å². The monoisotopic (exact) mass is 172 g/mol. The van der Waals surface area contributed by atoms with Crippen molar-refractivity contribution in [3.05, 3.63) is 35.9 Å². The van der Waals surface area contributed by atoms with Crippen LogP contribution in [0.15, 0.2) is 30.3 Å². The molecule has 0 N–H and O–H groups in total. The fourth-order valence-corrected chi connectivity index (χ4v) is 0.818. The first-order valence-electron chi connectivity index (χ1n) is 3.36. The predicted octanol–water partition coefficient (Wildman–Crippen LogP) is -1.43. The molecule has 12 heavy (non-hydrogen) atoms. The van der Waals surface area contributed by atoms with Crippen LogP contribution in [-0.4, -0.2) is 12.1 Å². The van der Waals surface area contributed by atoms with Crippen molar-refractivity contribution in [2.24, 2.45) is 0 Å². The van der Waals surface area contributed by atoms with Gasteiger partial charge in [-0.25, -0.2) is 0 Å². The fraction of sp³-hybridized carbons (Fsp3) is 0.111. The molecule has 0 amide bonds. The Morgan fingerprint density at radius 1 is 1.33 bits per heavy atom. The van der Waals surface area contributed by atoms with Crippen molar-refractivity contribution < 1.29 is 40.6 Å². The standard InChI is InChI=1S/C9H8O2.Na.H/c10-7-6-9(11)8-4-2-1-3-5-8;;/h1-5,7H,6H2;;/q;+1;-1. The Hall–Kier alpha value is -0.440. The molecule has 0 radical (unpaired) electrons. The van der Waals surface area contributed by atoms with Gasteiger partial charge in [0.05, 0.1) is 6.42 Å². The number of hydrogen-bond acceptors (Lipinski definition) is 2. The van der Waals surface area contributed by atoms with Gasteiger partial charge in [0, 0.05) is 5.56 Å². The van der Waals surface area contributed by atoms with Crippen LogP contribution in [-0.2, 0) is 4.79 Å². The molecule has 0 heterocycles. The molecule has 2 nitrogen and oxygen atoms in total. The van der Waals surface area contributed by atoms with E-state index in [4.69, 9.17) is 0 Å². The first kappa shape index (κ1) is 11.6. The minimum absolute atomic E-state index is 0. The van der Waals surface area contributed by atoms with Crippen molar-refractivity contribution in [2.75, 3.05) is 0 Å². The van der Waals surface area contributed by atoms with E-state index < -0.39 is 0 Å². The number of hydrogen-bond donors (Lipinski definition) is 0. The summed E-state index contributed by atoms with van der Waals surface area (Å²) in [6.45, 7) is 0. The summed E-state index contributed by atoms with van der Waals surface area (Å²) in [7, 11) is 0. The number of carbonyl (C=O) groups excluding carboxylic acids is 2. The van der Waals surface area contributed by atoms with Gasteiger partial charge in [-0.1, -0.05) is 30.3 Å². The van der Waals surface area contributed by atoms with Gasteiger partial charge in [0.1, 0.15) is 6.29 Å². The SMILES string of the molecule is O=CCC(=O)c1ccccc1.[H-].[Na+]. The Kier molecular flexibility index (Phi) is 5.89. The van der Waals surface area contributed by atoms with Gasteiger partial charge in [0.15, 0.2) is 5.78 Å². The molecule has 1 aromatic carbocycles. The van der Waals surface area contributed by atoms with Crippen LogP contribution in [0.2, 0.25) is 0 Å². The zero-order valence-corrected chi connectivity index (χ0v) is 8.99. The Balaban J connectivity index is 0. The molecule has 0 saturated heterocycles. The zero-order chi connectivity index (χ0) is 8.10. The maximum atomic E-state index is 11.0. The summed E-state index contributed by atoms with van der Waals surface area (Å²) >= 11 is 0.